The number of aromatic nitrogens is 1. The fourth-order valence-electron chi connectivity index (χ4n) is 4.57. The number of aryl methyl sites for hydroxylation is 1. The van der Waals surface area contributed by atoms with Crippen LogP contribution in [0.25, 0.3) is 10.2 Å². The Labute approximate surface area is 222 Å². The van der Waals surface area contributed by atoms with Crippen LogP contribution in [0.4, 0.5) is 5.13 Å². The quantitative estimate of drug-likeness (QED) is 0.345. The van der Waals surface area contributed by atoms with Crippen molar-refractivity contribution in [1.29, 1.82) is 0 Å². The molecule has 1 aliphatic heterocycles. The van der Waals surface area contributed by atoms with Crippen LogP contribution < -0.4 is 4.90 Å². The minimum absolute atomic E-state index is 0.0844. The number of carbonyl (C=O) groups excluding carboxylic acids is 1. The highest BCUT2D eigenvalue weighted by molar-refractivity contribution is 7.89. The first-order valence-electron chi connectivity index (χ1n) is 12.4. The van der Waals surface area contributed by atoms with Gasteiger partial charge in [-0.3, -0.25) is 4.79 Å². The van der Waals surface area contributed by atoms with Gasteiger partial charge >= 0.3 is 0 Å². The van der Waals surface area contributed by atoms with Crippen molar-refractivity contribution in [3.8, 4) is 0 Å². The van der Waals surface area contributed by atoms with E-state index in [2.05, 4.69) is 30.0 Å². The van der Waals surface area contributed by atoms with Gasteiger partial charge in [0, 0.05) is 45.3 Å². The highest BCUT2D eigenvalue weighted by Crippen LogP contribution is 2.31. The second kappa shape index (κ2) is 10.6. The van der Waals surface area contributed by atoms with E-state index >= 15 is 0 Å². The molecule has 1 aromatic heterocycles. The minimum atomic E-state index is -3.66. The van der Waals surface area contributed by atoms with E-state index in [0.29, 0.717) is 31.7 Å². The van der Waals surface area contributed by atoms with E-state index in [1.807, 2.05) is 35.2 Å². The van der Waals surface area contributed by atoms with Crippen LogP contribution in [0.15, 0.2) is 77.7 Å². The summed E-state index contributed by atoms with van der Waals surface area (Å²) in [5.41, 5.74) is 3.74. The Morgan fingerprint density at radius 1 is 0.946 bits per heavy atom. The molecule has 3 aromatic carbocycles. The van der Waals surface area contributed by atoms with E-state index in [4.69, 9.17) is 4.98 Å². The molecule has 0 unspecified atom stereocenters. The number of nitrogens with zero attached hydrogens (tertiary/aromatic N) is 4. The van der Waals surface area contributed by atoms with E-state index in [1.54, 1.807) is 30.5 Å². The van der Waals surface area contributed by atoms with E-state index in [0.717, 1.165) is 22.6 Å². The standard InChI is InChI=1S/C28H30N4O3S2/c1-3-22-10-7-11-25-26(22)29-28(36-25)32-18-16-31(17-19-32)27(33)23-12-14-24(15-13-23)37(34,35)30(2)20-21-8-5-4-6-9-21/h4-15H,3,16-20H2,1-2H3. The van der Waals surface area contributed by atoms with Crippen LogP contribution >= 0.6 is 11.3 Å². The fraction of sp³-hybridized carbons (Fsp3) is 0.286. The lowest BCUT2D eigenvalue weighted by molar-refractivity contribution is 0.0746. The van der Waals surface area contributed by atoms with Gasteiger partial charge in [-0.15, -0.1) is 0 Å². The summed E-state index contributed by atoms with van der Waals surface area (Å²) in [6, 6.07) is 22.0. The van der Waals surface area contributed by atoms with Gasteiger partial charge in [-0.25, -0.2) is 13.4 Å². The molecule has 2 heterocycles. The number of hydrogen-bond acceptors (Lipinski definition) is 6. The molecule has 0 radical (unpaired) electrons. The van der Waals surface area contributed by atoms with Crippen molar-refractivity contribution in [2.45, 2.75) is 24.8 Å². The summed E-state index contributed by atoms with van der Waals surface area (Å²) in [4.78, 5) is 22.3. The van der Waals surface area contributed by atoms with Crippen molar-refractivity contribution in [2.24, 2.45) is 0 Å². The Bertz CT molecular complexity index is 1490. The number of amides is 1. The Morgan fingerprint density at radius 3 is 2.32 bits per heavy atom. The number of sulfonamides is 1. The SMILES string of the molecule is CCc1cccc2sc(N3CCN(C(=O)c4ccc(S(=O)(=O)N(C)Cc5ccccc5)cc4)CC3)nc12. The second-order valence-electron chi connectivity index (χ2n) is 9.16. The average Bonchev–Trinajstić information content (AvgIpc) is 3.38. The predicted octanol–water partition coefficient (Wildman–Crippen LogP) is 4.64. The highest BCUT2D eigenvalue weighted by Gasteiger charge is 2.26. The molecule has 9 heteroatoms. The maximum absolute atomic E-state index is 13.1. The van der Waals surface area contributed by atoms with Crippen molar-refractivity contribution in [2.75, 3.05) is 38.1 Å². The molecule has 5 rings (SSSR count). The third kappa shape index (κ3) is 5.25. The summed E-state index contributed by atoms with van der Waals surface area (Å²) in [5, 5.41) is 0.997. The lowest BCUT2D eigenvalue weighted by atomic mass is 10.1. The van der Waals surface area contributed by atoms with Gasteiger partial charge in [0.1, 0.15) is 0 Å². The normalized spacial score (nSPS) is 14.5. The molecular formula is C28H30N4O3S2. The first-order valence-corrected chi connectivity index (χ1v) is 14.7. The van der Waals surface area contributed by atoms with Crippen LogP contribution in [0.2, 0.25) is 0 Å². The number of anilines is 1. The summed E-state index contributed by atoms with van der Waals surface area (Å²) in [6.45, 7) is 5.03. The Morgan fingerprint density at radius 2 is 1.65 bits per heavy atom. The maximum atomic E-state index is 13.1. The zero-order valence-corrected chi connectivity index (χ0v) is 22.6. The number of carbonyl (C=O) groups is 1. The van der Waals surface area contributed by atoms with Gasteiger partial charge in [0.2, 0.25) is 10.0 Å². The fourth-order valence-corrected chi connectivity index (χ4v) is 6.80. The first-order chi connectivity index (χ1) is 17.9. The van der Waals surface area contributed by atoms with Gasteiger partial charge in [-0.2, -0.15) is 4.31 Å². The number of para-hydroxylation sites is 1. The van der Waals surface area contributed by atoms with Crippen LogP contribution in [0.3, 0.4) is 0 Å². The highest BCUT2D eigenvalue weighted by atomic mass is 32.2. The molecule has 0 aliphatic carbocycles. The molecule has 1 amide bonds. The minimum Gasteiger partial charge on any atom is -0.345 e. The number of fused-ring (bicyclic) bond motifs is 1. The van der Waals surface area contributed by atoms with Crippen molar-refractivity contribution in [3.63, 3.8) is 0 Å². The topological polar surface area (TPSA) is 73.8 Å². The molecule has 0 atom stereocenters. The molecule has 1 saturated heterocycles. The van der Waals surface area contributed by atoms with Crippen LogP contribution in [-0.4, -0.2) is 61.7 Å². The lowest BCUT2D eigenvalue weighted by Crippen LogP contribution is -2.48. The van der Waals surface area contributed by atoms with E-state index in [9.17, 15) is 13.2 Å². The first kappa shape index (κ1) is 25.4. The van der Waals surface area contributed by atoms with Gasteiger partial charge < -0.3 is 9.80 Å². The van der Waals surface area contributed by atoms with Crippen molar-refractivity contribution in [3.05, 3.63) is 89.5 Å². The Balaban J connectivity index is 1.22. The zero-order chi connectivity index (χ0) is 26.0. The molecule has 1 aliphatic rings. The summed E-state index contributed by atoms with van der Waals surface area (Å²) in [6.07, 6.45) is 0.951. The van der Waals surface area contributed by atoms with Gasteiger partial charge in [-0.05, 0) is 47.9 Å². The van der Waals surface area contributed by atoms with Crippen molar-refractivity contribution in [1.82, 2.24) is 14.2 Å². The number of hydrogen-bond donors (Lipinski definition) is 0. The third-order valence-electron chi connectivity index (χ3n) is 6.77. The van der Waals surface area contributed by atoms with Crippen LogP contribution in [0.1, 0.15) is 28.4 Å². The molecule has 37 heavy (non-hydrogen) atoms. The maximum Gasteiger partial charge on any atom is 0.253 e. The number of rotatable bonds is 7. The summed E-state index contributed by atoms with van der Waals surface area (Å²) in [7, 11) is -2.10. The molecule has 7 nitrogen and oxygen atoms in total. The van der Waals surface area contributed by atoms with Gasteiger partial charge in [-0.1, -0.05) is 60.7 Å². The zero-order valence-electron chi connectivity index (χ0n) is 21.0. The number of benzene rings is 3. The summed E-state index contributed by atoms with van der Waals surface area (Å²) >= 11 is 1.70. The third-order valence-corrected chi connectivity index (χ3v) is 9.67. The molecule has 4 aromatic rings. The average molecular weight is 535 g/mol. The largest absolute Gasteiger partial charge is 0.345 e. The molecule has 0 N–H and O–H groups in total. The monoisotopic (exact) mass is 534 g/mol. The van der Waals surface area contributed by atoms with Crippen LogP contribution in [-0.2, 0) is 23.0 Å². The van der Waals surface area contributed by atoms with E-state index < -0.39 is 10.0 Å². The summed E-state index contributed by atoms with van der Waals surface area (Å²) in [5.74, 6) is -0.0844. The van der Waals surface area contributed by atoms with Crippen molar-refractivity contribution >= 4 is 42.6 Å². The molecular weight excluding hydrogens is 504 g/mol. The Kier molecular flexibility index (Phi) is 7.28. The molecule has 0 saturated carbocycles. The van der Waals surface area contributed by atoms with Gasteiger partial charge in [0.25, 0.3) is 5.91 Å². The number of piperazine rings is 1. The Hall–Kier alpha value is -3.27. The molecule has 1 fully saturated rings. The molecule has 0 spiro atoms. The number of thiazole rings is 1. The van der Waals surface area contributed by atoms with Gasteiger partial charge in [0.15, 0.2) is 5.13 Å². The van der Waals surface area contributed by atoms with Crippen molar-refractivity contribution < 1.29 is 13.2 Å². The van der Waals surface area contributed by atoms with Crippen LogP contribution in [0, 0.1) is 0 Å². The van der Waals surface area contributed by atoms with E-state index in [-0.39, 0.29) is 17.3 Å². The molecule has 192 valence electrons. The summed E-state index contributed by atoms with van der Waals surface area (Å²) < 4.78 is 28.5. The lowest BCUT2D eigenvalue weighted by Gasteiger charge is -2.34. The second-order valence-corrected chi connectivity index (χ2v) is 12.2. The molecule has 0 bridgehead atoms. The van der Waals surface area contributed by atoms with E-state index in [1.165, 1.54) is 26.7 Å². The smallest absolute Gasteiger partial charge is 0.253 e. The predicted molar refractivity (Wildman–Crippen MR) is 149 cm³/mol. The van der Waals surface area contributed by atoms with Gasteiger partial charge in [0.05, 0.1) is 15.1 Å². The van der Waals surface area contributed by atoms with Crippen LogP contribution in [0.5, 0.6) is 0 Å².